The lowest BCUT2D eigenvalue weighted by atomic mass is 9.68. The van der Waals surface area contributed by atoms with E-state index in [0.29, 0.717) is 0 Å². The monoisotopic (exact) mass is 916 g/mol. The fourth-order valence-corrected chi connectivity index (χ4v) is 6.26. The number of aliphatic hydroxyl groups is 2. The number of alkyl halides is 20. The molecule has 0 aromatic carbocycles. The van der Waals surface area contributed by atoms with Crippen LogP contribution in [0.5, 0.6) is 0 Å². The van der Waals surface area contributed by atoms with Gasteiger partial charge in [-0.15, -0.1) is 0 Å². The van der Waals surface area contributed by atoms with Gasteiger partial charge in [0.25, 0.3) is 0 Å². The molecule has 59 heavy (non-hydrogen) atoms. The number of halogens is 20. The molecule has 8 unspecified atom stereocenters. The molecule has 0 aromatic heterocycles. The Labute approximate surface area is 319 Å². The Kier molecular flexibility index (Phi) is 14.2. The number of carbonyl (C=O) groups is 2. The van der Waals surface area contributed by atoms with Crippen molar-refractivity contribution in [1.29, 1.82) is 0 Å². The van der Waals surface area contributed by atoms with E-state index in [1.54, 1.807) is 0 Å². The Bertz CT molecular complexity index is 1510. The first-order valence-electron chi connectivity index (χ1n) is 17.1. The third-order valence-corrected chi connectivity index (χ3v) is 10.4. The van der Waals surface area contributed by atoms with Crippen molar-refractivity contribution in [2.24, 2.45) is 17.8 Å². The van der Waals surface area contributed by atoms with Crippen LogP contribution < -0.4 is 0 Å². The van der Waals surface area contributed by atoms with Gasteiger partial charge in [-0.3, -0.25) is 9.59 Å². The SMILES string of the molecule is CCC(C)C(=O)OC1(C(F)(F)F)OC(C)(C(F)(F)F)C(F)(F)C(O)C1(F)F.CCC(C)C(=O)OC1(C(F)(F)F)OC(C2CCCCC2)(C(F)(F)F)C(F)(F)C(O)C1(F)F. The highest BCUT2D eigenvalue weighted by molar-refractivity contribution is 5.73. The second-order valence-corrected chi connectivity index (χ2v) is 14.3. The average Bonchev–Trinajstić information content (AvgIpc) is 3.08. The van der Waals surface area contributed by atoms with Crippen molar-refractivity contribution in [2.75, 3.05) is 0 Å². The third kappa shape index (κ3) is 7.89. The smallest absolute Gasteiger partial charge is 0.418 e. The van der Waals surface area contributed by atoms with Crippen molar-refractivity contribution in [3.8, 4) is 0 Å². The van der Waals surface area contributed by atoms with Crippen LogP contribution >= 0.6 is 0 Å². The summed E-state index contributed by atoms with van der Waals surface area (Å²) in [5, 5.41) is 18.7. The van der Waals surface area contributed by atoms with Crippen LogP contribution in [0.3, 0.4) is 0 Å². The fourth-order valence-electron chi connectivity index (χ4n) is 6.26. The van der Waals surface area contributed by atoms with Gasteiger partial charge in [-0.25, -0.2) is 0 Å². The first-order valence-corrected chi connectivity index (χ1v) is 17.1. The van der Waals surface area contributed by atoms with E-state index in [2.05, 4.69) is 18.9 Å². The number of carbonyl (C=O) groups excluding carboxylic acids is 2. The highest BCUT2D eigenvalue weighted by Crippen LogP contribution is 2.66. The molecule has 348 valence electrons. The molecule has 0 bridgehead atoms. The standard InChI is InChI=1S/C18H22F10O4.C13H14F10O4/c1-3-9(2)11(29)31-16(18(26,27)28)15(21,22)12(30)14(19,20)13(32-16,17(23,24)25)10-7-5-4-6-8-10;1-4-5(2)6(24)26-11(13(21,22)23)10(16,17)7(25)9(14,15)8(3,27-11)12(18,19)20/h9-10,12,30H,3-8H2,1-2H3;5,7,25H,4H2,1-3H3. The molecule has 2 aliphatic heterocycles. The second-order valence-electron chi connectivity index (χ2n) is 14.3. The predicted molar refractivity (Wildman–Crippen MR) is 152 cm³/mol. The molecule has 1 aliphatic carbocycles. The zero-order chi connectivity index (χ0) is 46.8. The van der Waals surface area contributed by atoms with Gasteiger partial charge in [0, 0.05) is 5.92 Å². The van der Waals surface area contributed by atoms with Crippen LogP contribution in [0.15, 0.2) is 0 Å². The lowest BCUT2D eigenvalue weighted by Gasteiger charge is -2.58. The van der Waals surface area contributed by atoms with Crippen molar-refractivity contribution in [3.63, 3.8) is 0 Å². The molecule has 3 rings (SSSR count). The Morgan fingerprint density at radius 2 is 0.915 bits per heavy atom. The fraction of sp³-hybridized carbons (Fsp3) is 0.935. The van der Waals surface area contributed by atoms with Crippen LogP contribution in [-0.4, -0.2) is 106 Å². The summed E-state index contributed by atoms with van der Waals surface area (Å²) < 4.78 is 293. The molecule has 0 spiro atoms. The molecule has 0 radical (unpaired) electrons. The molecule has 2 saturated heterocycles. The van der Waals surface area contributed by atoms with Crippen molar-refractivity contribution >= 4 is 11.9 Å². The van der Waals surface area contributed by atoms with Gasteiger partial charge < -0.3 is 29.2 Å². The van der Waals surface area contributed by atoms with E-state index in [1.807, 2.05) is 0 Å². The van der Waals surface area contributed by atoms with Gasteiger partial charge in [0.15, 0.2) is 12.2 Å². The number of hydrogen-bond donors (Lipinski definition) is 2. The average molecular weight is 917 g/mol. The van der Waals surface area contributed by atoms with E-state index in [1.165, 1.54) is 13.8 Å². The Hall–Kier alpha value is -2.62. The zero-order valence-electron chi connectivity index (χ0n) is 30.7. The largest absolute Gasteiger partial charge is 0.462 e. The van der Waals surface area contributed by atoms with Crippen molar-refractivity contribution in [1.82, 2.24) is 0 Å². The van der Waals surface area contributed by atoms with Gasteiger partial charge in [-0.2, -0.15) is 87.8 Å². The summed E-state index contributed by atoms with van der Waals surface area (Å²) in [5.41, 5.74) is -10.4. The highest BCUT2D eigenvalue weighted by atomic mass is 19.4. The third-order valence-electron chi connectivity index (χ3n) is 10.4. The zero-order valence-corrected chi connectivity index (χ0v) is 30.7. The second kappa shape index (κ2) is 15.9. The van der Waals surface area contributed by atoms with Crippen molar-refractivity contribution < 1.29 is 127 Å². The van der Waals surface area contributed by atoms with Crippen LogP contribution in [0.1, 0.15) is 79.6 Å². The maximum atomic E-state index is 14.9. The lowest BCUT2D eigenvalue weighted by molar-refractivity contribution is -0.546. The van der Waals surface area contributed by atoms with E-state index in [0.717, 1.165) is 13.8 Å². The minimum absolute atomic E-state index is 0.125. The predicted octanol–water partition coefficient (Wildman–Crippen LogP) is 9.19. The van der Waals surface area contributed by atoms with Crippen LogP contribution in [-0.2, 0) is 28.5 Å². The quantitative estimate of drug-likeness (QED) is 0.192. The summed E-state index contributed by atoms with van der Waals surface area (Å²) in [6.07, 6.45) is -37.6. The first kappa shape index (κ1) is 52.5. The van der Waals surface area contributed by atoms with Crippen molar-refractivity contribution in [3.05, 3.63) is 0 Å². The molecular weight excluding hydrogens is 880 g/mol. The van der Waals surface area contributed by atoms with Crippen LogP contribution in [0, 0.1) is 17.8 Å². The first-order chi connectivity index (χ1) is 26.1. The number of rotatable bonds is 7. The summed E-state index contributed by atoms with van der Waals surface area (Å²) in [7, 11) is 0. The van der Waals surface area contributed by atoms with Crippen molar-refractivity contribution in [2.45, 2.75) is 163 Å². The number of ether oxygens (including phenoxy) is 4. The molecule has 2 N–H and O–H groups in total. The van der Waals surface area contributed by atoms with Gasteiger partial charge in [-0.1, -0.05) is 47.0 Å². The molecule has 3 fully saturated rings. The maximum Gasteiger partial charge on any atom is 0.462 e. The van der Waals surface area contributed by atoms with Gasteiger partial charge in [-0.05, 0) is 32.6 Å². The summed E-state index contributed by atoms with van der Waals surface area (Å²) >= 11 is 0. The molecule has 28 heteroatoms. The molecule has 0 amide bonds. The Morgan fingerprint density at radius 3 is 1.22 bits per heavy atom. The van der Waals surface area contributed by atoms with Crippen LogP contribution in [0.25, 0.3) is 0 Å². The van der Waals surface area contributed by atoms with Gasteiger partial charge in [0.05, 0.1) is 11.8 Å². The lowest BCUT2D eigenvalue weighted by Crippen LogP contribution is -2.84. The summed E-state index contributed by atoms with van der Waals surface area (Å²) in [5.74, 6) is -45.4. The molecule has 2 heterocycles. The summed E-state index contributed by atoms with van der Waals surface area (Å²) in [4.78, 5) is 23.6. The molecule has 0 aromatic rings. The molecule has 3 aliphatic rings. The molecule has 8 atom stereocenters. The summed E-state index contributed by atoms with van der Waals surface area (Å²) in [6, 6.07) is 0. The minimum Gasteiger partial charge on any atom is -0.418 e. The number of aliphatic hydroxyl groups excluding tert-OH is 2. The van der Waals surface area contributed by atoms with Crippen LogP contribution in [0.2, 0.25) is 0 Å². The molecular formula is C31H36F20O8. The van der Waals surface area contributed by atoms with Gasteiger partial charge in [0.1, 0.15) is 0 Å². The van der Waals surface area contributed by atoms with Gasteiger partial charge in [0.2, 0.25) is 11.2 Å². The maximum absolute atomic E-state index is 14.9. The Balaban J connectivity index is 0.000000413. The minimum atomic E-state index is -6.62. The molecule has 8 nitrogen and oxygen atoms in total. The Morgan fingerprint density at radius 1 is 0.576 bits per heavy atom. The molecule has 1 saturated carbocycles. The number of esters is 2. The van der Waals surface area contributed by atoms with E-state index in [9.17, 15) is 103 Å². The highest BCUT2D eigenvalue weighted by Gasteiger charge is 2.94. The van der Waals surface area contributed by atoms with E-state index >= 15 is 0 Å². The van der Waals surface area contributed by atoms with Gasteiger partial charge >= 0.3 is 71.9 Å². The van der Waals surface area contributed by atoms with E-state index in [4.69, 9.17) is 5.11 Å². The normalized spacial score (nSPS) is 34.8. The van der Waals surface area contributed by atoms with E-state index < -0.39 is 133 Å². The topological polar surface area (TPSA) is 112 Å². The number of hydrogen-bond acceptors (Lipinski definition) is 8. The van der Waals surface area contributed by atoms with E-state index in [-0.39, 0.29) is 32.1 Å². The van der Waals surface area contributed by atoms with Crippen LogP contribution in [0.4, 0.5) is 87.8 Å². The summed E-state index contributed by atoms with van der Waals surface area (Å²) in [6.45, 7) is 3.59.